The first kappa shape index (κ1) is 20.6. The normalized spacial score (nSPS) is 19.2. The summed E-state index contributed by atoms with van der Waals surface area (Å²) in [4.78, 5) is 25.7. The van der Waals surface area contributed by atoms with Crippen LogP contribution >= 0.6 is 11.6 Å². The van der Waals surface area contributed by atoms with Crippen LogP contribution in [-0.2, 0) is 4.79 Å². The lowest BCUT2D eigenvalue weighted by atomic mass is 10.00. The predicted octanol–water partition coefficient (Wildman–Crippen LogP) is 3.36. The maximum absolute atomic E-state index is 12.9. The SMILES string of the molecule is COc1cccc(/C=[N+]2\NC(=O)[C@@H](NC(=O)c3ccc(Cl)cc3)[C@@H]2c2ccccc2)c1. The van der Waals surface area contributed by atoms with Crippen molar-refractivity contribution in [1.29, 1.82) is 0 Å². The fraction of sp³-hybridized carbons (Fsp3) is 0.125. The van der Waals surface area contributed by atoms with E-state index in [1.807, 2.05) is 60.8 Å². The molecule has 0 aliphatic carbocycles. The van der Waals surface area contributed by atoms with E-state index in [-0.39, 0.29) is 11.8 Å². The monoisotopic (exact) mass is 434 g/mol. The molecule has 2 amide bonds. The zero-order valence-electron chi connectivity index (χ0n) is 16.8. The fourth-order valence-corrected chi connectivity index (χ4v) is 3.66. The summed E-state index contributed by atoms with van der Waals surface area (Å²) in [6.45, 7) is 0. The maximum Gasteiger partial charge on any atom is 0.304 e. The van der Waals surface area contributed by atoms with E-state index >= 15 is 0 Å². The van der Waals surface area contributed by atoms with Gasteiger partial charge in [0.1, 0.15) is 5.75 Å². The molecular formula is C24H21ClN3O3+. The van der Waals surface area contributed by atoms with Gasteiger partial charge in [0.25, 0.3) is 5.91 Å². The summed E-state index contributed by atoms with van der Waals surface area (Å²) in [5, 5.41) is 3.41. The fourth-order valence-electron chi connectivity index (χ4n) is 3.54. The van der Waals surface area contributed by atoms with Gasteiger partial charge in [-0.05, 0) is 42.5 Å². The lowest BCUT2D eigenvalue weighted by molar-refractivity contribution is -0.596. The summed E-state index contributed by atoms with van der Waals surface area (Å²) in [6, 6.07) is 22.4. The largest absolute Gasteiger partial charge is 0.497 e. The van der Waals surface area contributed by atoms with Crippen molar-refractivity contribution in [3.8, 4) is 5.75 Å². The van der Waals surface area contributed by atoms with Crippen LogP contribution in [0, 0.1) is 0 Å². The molecule has 0 saturated carbocycles. The number of carbonyl (C=O) groups excluding carboxylic acids is 2. The second-order valence-electron chi connectivity index (χ2n) is 7.10. The Morgan fingerprint density at radius 1 is 1.06 bits per heavy atom. The van der Waals surface area contributed by atoms with Crippen molar-refractivity contribution in [2.45, 2.75) is 12.1 Å². The molecule has 4 rings (SSSR count). The molecule has 0 spiro atoms. The van der Waals surface area contributed by atoms with E-state index in [4.69, 9.17) is 16.3 Å². The van der Waals surface area contributed by atoms with E-state index in [9.17, 15) is 9.59 Å². The molecule has 1 fully saturated rings. The number of carbonyl (C=O) groups is 2. The number of benzene rings is 3. The van der Waals surface area contributed by atoms with Gasteiger partial charge in [-0.2, -0.15) is 0 Å². The Hall–Kier alpha value is -3.64. The van der Waals surface area contributed by atoms with Gasteiger partial charge in [0.05, 0.1) is 7.11 Å². The van der Waals surface area contributed by atoms with E-state index in [0.717, 1.165) is 11.1 Å². The average Bonchev–Trinajstić information content (AvgIpc) is 3.09. The highest BCUT2D eigenvalue weighted by atomic mass is 35.5. The van der Waals surface area contributed by atoms with E-state index in [1.54, 1.807) is 36.1 Å². The van der Waals surface area contributed by atoms with Crippen molar-refractivity contribution in [3.63, 3.8) is 0 Å². The number of amides is 2. The van der Waals surface area contributed by atoms with Crippen molar-refractivity contribution in [3.05, 3.63) is 101 Å². The van der Waals surface area contributed by atoms with Gasteiger partial charge in [0.15, 0.2) is 6.04 Å². The molecular weight excluding hydrogens is 414 g/mol. The molecule has 1 aliphatic rings. The van der Waals surface area contributed by atoms with Gasteiger partial charge < -0.3 is 10.1 Å². The Morgan fingerprint density at radius 3 is 2.52 bits per heavy atom. The Bertz CT molecular complexity index is 1130. The van der Waals surface area contributed by atoms with Gasteiger partial charge in [0, 0.05) is 21.7 Å². The third-order valence-corrected chi connectivity index (χ3v) is 5.31. The Balaban J connectivity index is 1.68. The minimum atomic E-state index is -0.785. The highest BCUT2D eigenvalue weighted by Gasteiger charge is 2.47. The third kappa shape index (κ3) is 4.59. The summed E-state index contributed by atoms with van der Waals surface area (Å²) in [7, 11) is 1.60. The first-order valence-electron chi connectivity index (χ1n) is 9.74. The highest BCUT2D eigenvalue weighted by molar-refractivity contribution is 6.30. The topological polar surface area (TPSA) is 70.4 Å². The van der Waals surface area contributed by atoms with Gasteiger partial charge in [0.2, 0.25) is 12.3 Å². The summed E-state index contributed by atoms with van der Waals surface area (Å²) in [5.41, 5.74) is 5.04. The van der Waals surface area contributed by atoms with Crippen LogP contribution in [-0.4, -0.2) is 35.9 Å². The van der Waals surface area contributed by atoms with Crippen molar-refractivity contribution in [2.24, 2.45) is 0 Å². The lowest BCUT2D eigenvalue weighted by Gasteiger charge is -2.14. The van der Waals surface area contributed by atoms with Crippen molar-refractivity contribution < 1.29 is 19.0 Å². The van der Waals surface area contributed by atoms with Gasteiger partial charge in [-0.1, -0.05) is 48.0 Å². The van der Waals surface area contributed by atoms with Gasteiger partial charge in [-0.15, -0.1) is 10.1 Å². The standard InChI is InChI=1S/C24H20ClN3O3/c1-31-20-9-5-6-16(14-20)15-28-22(17-7-3-2-4-8-17)21(24(30)27-28)26-23(29)18-10-12-19(25)13-11-18/h2-15,21-22H,1H3,(H-,26,27,29,30)/p+1/b28-15-/t21-,22-/m0/s1. The molecule has 2 atom stereocenters. The number of methoxy groups -OCH3 is 1. The van der Waals surface area contributed by atoms with E-state index in [2.05, 4.69) is 10.7 Å². The molecule has 0 radical (unpaired) electrons. The number of nitrogens with zero attached hydrogens (tertiary/aromatic N) is 1. The molecule has 1 saturated heterocycles. The van der Waals surface area contributed by atoms with Crippen LogP contribution < -0.4 is 15.5 Å². The van der Waals surface area contributed by atoms with E-state index in [1.165, 1.54) is 0 Å². The Kier molecular flexibility index (Phi) is 6.00. The van der Waals surface area contributed by atoms with Crippen molar-refractivity contribution in [2.75, 3.05) is 7.11 Å². The minimum Gasteiger partial charge on any atom is -0.497 e. The number of hydrogen-bond acceptors (Lipinski definition) is 3. The first-order chi connectivity index (χ1) is 15.0. The van der Waals surface area contributed by atoms with Crippen molar-refractivity contribution in [1.82, 2.24) is 10.7 Å². The molecule has 31 heavy (non-hydrogen) atoms. The van der Waals surface area contributed by atoms with Gasteiger partial charge in [-0.3, -0.25) is 9.59 Å². The number of halogens is 1. The maximum atomic E-state index is 12.9. The van der Waals surface area contributed by atoms with Crippen LogP contribution in [0.1, 0.15) is 27.5 Å². The lowest BCUT2D eigenvalue weighted by Crippen LogP contribution is -2.42. The smallest absolute Gasteiger partial charge is 0.304 e. The highest BCUT2D eigenvalue weighted by Crippen LogP contribution is 2.25. The third-order valence-electron chi connectivity index (χ3n) is 5.05. The van der Waals surface area contributed by atoms with Crippen LogP contribution in [0.3, 0.4) is 0 Å². The molecule has 7 heteroatoms. The molecule has 1 aliphatic heterocycles. The quantitative estimate of drug-likeness (QED) is 0.605. The second kappa shape index (κ2) is 9.02. The zero-order valence-corrected chi connectivity index (χ0v) is 17.5. The predicted molar refractivity (Wildman–Crippen MR) is 118 cm³/mol. The molecule has 2 N–H and O–H groups in total. The molecule has 1 heterocycles. The van der Waals surface area contributed by atoms with Crippen molar-refractivity contribution >= 4 is 29.6 Å². The number of nitrogens with one attached hydrogen (secondary N) is 2. The molecule has 0 unspecified atom stereocenters. The Morgan fingerprint density at radius 2 is 1.81 bits per heavy atom. The molecule has 156 valence electrons. The second-order valence-corrected chi connectivity index (χ2v) is 7.54. The molecule has 3 aromatic rings. The zero-order chi connectivity index (χ0) is 21.8. The average molecular weight is 435 g/mol. The molecule has 3 aromatic carbocycles. The summed E-state index contributed by atoms with van der Waals surface area (Å²) in [5.74, 6) is 0.0689. The van der Waals surface area contributed by atoms with E-state index in [0.29, 0.717) is 16.3 Å². The van der Waals surface area contributed by atoms with Crippen LogP contribution in [0.2, 0.25) is 5.02 Å². The molecule has 0 aromatic heterocycles. The van der Waals surface area contributed by atoms with Crippen LogP contribution in [0.15, 0.2) is 78.9 Å². The number of rotatable bonds is 5. The number of hydrogen-bond donors (Lipinski definition) is 2. The molecule has 6 nitrogen and oxygen atoms in total. The van der Waals surface area contributed by atoms with Gasteiger partial charge >= 0.3 is 5.91 Å². The summed E-state index contributed by atoms with van der Waals surface area (Å²) < 4.78 is 7.01. The van der Waals surface area contributed by atoms with Crippen LogP contribution in [0.5, 0.6) is 5.75 Å². The summed E-state index contributed by atoms with van der Waals surface area (Å²) >= 11 is 5.92. The number of hydrazine groups is 1. The molecule has 0 bridgehead atoms. The van der Waals surface area contributed by atoms with Crippen LogP contribution in [0.25, 0.3) is 0 Å². The first-order valence-corrected chi connectivity index (χ1v) is 10.1. The van der Waals surface area contributed by atoms with Crippen LogP contribution in [0.4, 0.5) is 0 Å². The Labute approximate surface area is 185 Å². The van der Waals surface area contributed by atoms with E-state index < -0.39 is 12.1 Å². The van der Waals surface area contributed by atoms with Gasteiger partial charge in [-0.25, -0.2) is 0 Å². The number of hydrazone groups is 1. The number of ether oxygens (including phenoxy) is 1. The minimum absolute atomic E-state index is 0.296. The summed E-state index contributed by atoms with van der Waals surface area (Å²) in [6.07, 6.45) is 1.83.